The first-order chi connectivity index (χ1) is 8.77. The normalized spacial score (nSPS) is 33.8. The van der Waals surface area contributed by atoms with Gasteiger partial charge in [0.1, 0.15) is 0 Å². The van der Waals surface area contributed by atoms with Crippen LogP contribution in [0.2, 0.25) is 0 Å². The van der Waals surface area contributed by atoms with Gasteiger partial charge in [0.05, 0.1) is 0 Å². The molecule has 0 amide bonds. The Bertz CT molecular complexity index is 223. The second-order valence-corrected chi connectivity index (χ2v) is 6.66. The molecule has 2 heteroatoms. The quantitative estimate of drug-likeness (QED) is 0.808. The Morgan fingerprint density at radius 2 is 1.94 bits per heavy atom. The predicted molar refractivity (Wildman–Crippen MR) is 78.9 cm³/mol. The van der Waals surface area contributed by atoms with E-state index < -0.39 is 0 Å². The number of rotatable bonds is 5. The summed E-state index contributed by atoms with van der Waals surface area (Å²) in [6, 6.07) is 0.864. The third-order valence-corrected chi connectivity index (χ3v) is 5.15. The molecule has 0 spiro atoms. The molecule has 2 aliphatic rings. The van der Waals surface area contributed by atoms with E-state index in [4.69, 9.17) is 0 Å². The van der Waals surface area contributed by atoms with Crippen LogP contribution < -0.4 is 5.32 Å². The van der Waals surface area contributed by atoms with Crippen LogP contribution >= 0.6 is 0 Å². The molecule has 3 unspecified atom stereocenters. The molecule has 0 bridgehead atoms. The fourth-order valence-electron chi connectivity index (χ4n) is 3.92. The summed E-state index contributed by atoms with van der Waals surface area (Å²) in [7, 11) is 2.35. The highest BCUT2D eigenvalue weighted by atomic mass is 15.1. The molecule has 0 aromatic rings. The molecule has 0 aromatic heterocycles. The van der Waals surface area contributed by atoms with E-state index in [2.05, 4.69) is 24.2 Å². The van der Waals surface area contributed by atoms with Gasteiger partial charge in [-0.3, -0.25) is 0 Å². The average Bonchev–Trinajstić information content (AvgIpc) is 2.40. The number of piperidine rings is 1. The van der Waals surface area contributed by atoms with Gasteiger partial charge in [-0.1, -0.05) is 19.8 Å². The van der Waals surface area contributed by atoms with Crippen LogP contribution in [0.15, 0.2) is 0 Å². The first-order valence-electron chi connectivity index (χ1n) is 8.18. The summed E-state index contributed by atoms with van der Waals surface area (Å²) in [5.74, 6) is 1.87. The number of nitrogens with one attached hydrogen (secondary N) is 1. The van der Waals surface area contributed by atoms with Crippen LogP contribution in [-0.2, 0) is 0 Å². The van der Waals surface area contributed by atoms with E-state index >= 15 is 0 Å². The lowest BCUT2D eigenvalue weighted by Gasteiger charge is -2.36. The van der Waals surface area contributed by atoms with E-state index in [1.54, 1.807) is 0 Å². The molecule has 106 valence electrons. The molecular formula is C16H32N2. The van der Waals surface area contributed by atoms with Gasteiger partial charge in [0.2, 0.25) is 0 Å². The summed E-state index contributed by atoms with van der Waals surface area (Å²) in [5, 5.41) is 3.53. The average molecular weight is 252 g/mol. The third kappa shape index (κ3) is 4.24. The van der Waals surface area contributed by atoms with Crippen molar-refractivity contribution in [3.63, 3.8) is 0 Å². The van der Waals surface area contributed by atoms with Gasteiger partial charge in [-0.2, -0.15) is 0 Å². The maximum absolute atomic E-state index is 3.53. The molecule has 2 fully saturated rings. The van der Waals surface area contributed by atoms with Gasteiger partial charge in [0, 0.05) is 6.04 Å². The largest absolute Gasteiger partial charge is 0.316 e. The number of nitrogens with zero attached hydrogens (tertiary/aromatic N) is 1. The van der Waals surface area contributed by atoms with Crippen molar-refractivity contribution < 1.29 is 0 Å². The molecule has 1 N–H and O–H groups in total. The van der Waals surface area contributed by atoms with E-state index in [1.807, 2.05) is 0 Å². The smallest absolute Gasteiger partial charge is 0.0118 e. The summed E-state index contributed by atoms with van der Waals surface area (Å²) >= 11 is 0. The SMILES string of the molecule is CC1CCCCC1N(C)CCCC1CCCNC1. The first-order valence-corrected chi connectivity index (χ1v) is 8.18. The van der Waals surface area contributed by atoms with Crippen molar-refractivity contribution in [2.24, 2.45) is 11.8 Å². The Kier molecular flexibility index (Phi) is 5.97. The first kappa shape index (κ1) is 14.3. The Morgan fingerprint density at radius 3 is 2.67 bits per heavy atom. The molecule has 1 saturated heterocycles. The Morgan fingerprint density at radius 1 is 1.11 bits per heavy atom. The molecule has 0 radical (unpaired) electrons. The van der Waals surface area contributed by atoms with Crippen LogP contribution in [0.1, 0.15) is 58.3 Å². The van der Waals surface area contributed by atoms with Crippen LogP contribution in [-0.4, -0.2) is 37.6 Å². The summed E-state index contributed by atoms with van der Waals surface area (Å²) in [5.41, 5.74) is 0. The van der Waals surface area contributed by atoms with Crippen molar-refractivity contribution in [2.75, 3.05) is 26.7 Å². The van der Waals surface area contributed by atoms with E-state index in [9.17, 15) is 0 Å². The zero-order valence-corrected chi connectivity index (χ0v) is 12.5. The molecule has 1 saturated carbocycles. The van der Waals surface area contributed by atoms with Crippen LogP contribution in [0.5, 0.6) is 0 Å². The second-order valence-electron chi connectivity index (χ2n) is 6.66. The van der Waals surface area contributed by atoms with Gasteiger partial charge in [0.15, 0.2) is 0 Å². The lowest BCUT2D eigenvalue weighted by molar-refractivity contribution is 0.135. The molecule has 1 heterocycles. The Hall–Kier alpha value is -0.0800. The maximum Gasteiger partial charge on any atom is 0.0118 e. The van der Waals surface area contributed by atoms with E-state index in [0.717, 1.165) is 17.9 Å². The van der Waals surface area contributed by atoms with Crippen molar-refractivity contribution in [3.05, 3.63) is 0 Å². The Labute approximate surface area is 114 Å². The third-order valence-electron chi connectivity index (χ3n) is 5.15. The summed E-state index contributed by atoms with van der Waals surface area (Å²) < 4.78 is 0. The summed E-state index contributed by atoms with van der Waals surface area (Å²) in [4.78, 5) is 2.65. The monoisotopic (exact) mass is 252 g/mol. The minimum absolute atomic E-state index is 0.864. The van der Waals surface area contributed by atoms with E-state index in [-0.39, 0.29) is 0 Å². The lowest BCUT2D eigenvalue weighted by Crippen LogP contribution is -2.39. The van der Waals surface area contributed by atoms with Gasteiger partial charge in [-0.25, -0.2) is 0 Å². The van der Waals surface area contributed by atoms with Crippen LogP contribution in [0.25, 0.3) is 0 Å². The minimum atomic E-state index is 0.864. The minimum Gasteiger partial charge on any atom is -0.316 e. The van der Waals surface area contributed by atoms with Crippen molar-refractivity contribution >= 4 is 0 Å². The van der Waals surface area contributed by atoms with Crippen molar-refractivity contribution in [1.29, 1.82) is 0 Å². The van der Waals surface area contributed by atoms with Crippen LogP contribution in [0, 0.1) is 11.8 Å². The molecule has 18 heavy (non-hydrogen) atoms. The highest BCUT2D eigenvalue weighted by molar-refractivity contribution is 4.79. The fourth-order valence-corrected chi connectivity index (χ4v) is 3.92. The van der Waals surface area contributed by atoms with Gasteiger partial charge in [0.25, 0.3) is 0 Å². The number of hydrogen-bond acceptors (Lipinski definition) is 2. The van der Waals surface area contributed by atoms with Crippen molar-refractivity contribution in [3.8, 4) is 0 Å². The molecule has 1 aliphatic heterocycles. The standard InChI is InChI=1S/C16H32N2/c1-14-7-3-4-10-16(14)18(2)12-6-9-15-8-5-11-17-13-15/h14-17H,3-13H2,1-2H3. The highest BCUT2D eigenvalue weighted by Gasteiger charge is 2.24. The van der Waals surface area contributed by atoms with Gasteiger partial charge in [-0.15, -0.1) is 0 Å². The summed E-state index contributed by atoms with van der Waals surface area (Å²) in [6.45, 7) is 6.27. The van der Waals surface area contributed by atoms with Gasteiger partial charge in [-0.05, 0) is 77.0 Å². The van der Waals surface area contributed by atoms with Crippen molar-refractivity contribution in [1.82, 2.24) is 10.2 Å². The molecule has 2 nitrogen and oxygen atoms in total. The molecule has 0 aromatic carbocycles. The van der Waals surface area contributed by atoms with Crippen molar-refractivity contribution in [2.45, 2.75) is 64.3 Å². The maximum atomic E-state index is 3.53. The zero-order valence-electron chi connectivity index (χ0n) is 12.5. The van der Waals surface area contributed by atoms with Crippen LogP contribution in [0.4, 0.5) is 0 Å². The molecule has 2 rings (SSSR count). The summed E-state index contributed by atoms with van der Waals surface area (Å²) in [6.07, 6.45) is 11.5. The predicted octanol–water partition coefficient (Wildman–Crippen LogP) is 3.28. The Balaban J connectivity index is 1.62. The van der Waals surface area contributed by atoms with E-state index in [0.29, 0.717) is 0 Å². The zero-order chi connectivity index (χ0) is 12.8. The number of hydrogen-bond donors (Lipinski definition) is 1. The molecule has 3 atom stereocenters. The van der Waals surface area contributed by atoms with Gasteiger partial charge < -0.3 is 10.2 Å². The second kappa shape index (κ2) is 7.49. The topological polar surface area (TPSA) is 15.3 Å². The molecular weight excluding hydrogens is 220 g/mol. The van der Waals surface area contributed by atoms with E-state index in [1.165, 1.54) is 71.0 Å². The molecule has 1 aliphatic carbocycles. The highest BCUT2D eigenvalue weighted by Crippen LogP contribution is 2.27. The lowest BCUT2D eigenvalue weighted by atomic mass is 9.85. The van der Waals surface area contributed by atoms with Gasteiger partial charge >= 0.3 is 0 Å². The van der Waals surface area contributed by atoms with Crippen LogP contribution in [0.3, 0.4) is 0 Å². The fraction of sp³-hybridized carbons (Fsp3) is 1.00.